The van der Waals surface area contributed by atoms with Crippen molar-refractivity contribution in [1.29, 1.82) is 0 Å². The van der Waals surface area contributed by atoms with Gasteiger partial charge in [0, 0.05) is 37.4 Å². The molecule has 1 N–H and O–H groups in total. The number of alkyl halides is 3. The van der Waals surface area contributed by atoms with Crippen molar-refractivity contribution in [3.8, 4) is 5.75 Å². The number of carbonyl (C=O) groups excluding carboxylic acids is 1. The van der Waals surface area contributed by atoms with Crippen molar-refractivity contribution in [2.45, 2.75) is 19.3 Å². The summed E-state index contributed by atoms with van der Waals surface area (Å²) < 4.78 is 42.2. The summed E-state index contributed by atoms with van der Waals surface area (Å²) >= 11 is 0. The largest absolute Gasteiger partial charge is 0.573 e. The fraction of sp³-hybridized carbons (Fsp3) is 0.238. The summed E-state index contributed by atoms with van der Waals surface area (Å²) in [4.78, 5) is 16.1. The van der Waals surface area contributed by atoms with Crippen molar-refractivity contribution in [1.82, 2.24) is 9.88 Å². The highest BCUT2D eigenvalue weighted by Crippen LogP contribution is 2.22. The van der Waals surface area contributed by atoms with Crippen LogP contribution in [-0.4, -0.2) is 36.1 Å². The summed E-state index contributed by atoms with van der Waals surface area (Å²) in [6.07, 6.45) is -0.839. The minimum Gasteiger partial charge on any atom is -0.406 e. The maximum absolute atomic E-state index is 12.1. The fourth-order valence-electron chi connectivity index (χ4n) is 2.83. The molecule has 0 bridgehead atoms. The van der Waals surface area contributed by atoms with Crippen LogP contribution in [0.2, 0.25) is 0 Å². The number of amides is 1. The molecule has 0 saturated heterocycles. The average molecular weight is 403 g/mol. The number of nitrogens with zero attached hydrogens (tertiary/aromatic N) is 2. The summed E-state index contributed by atoms with van der Waals surface area (Å²) in [5.41, 5.74) is 1.74. The quantitative estimate of drug-likeness (QED) is 0.454. The molecule has 0 aliphatic rings. The molecule has 5 nitrogen and oxygen atoms in total. The number of para-hydroxylation sites is 1. The summed E-state index contributed by atoms with van der Waals surface area (Å²) in [5, 5.41) is 3.94. The number of aromatic nitrogens is 1. The Morgan fingerprint density at radius 3 is 2.62 bits per heavy atom. The number of fused-ring (bicyclic) bond motifs is 1. The van der Waals surface area contributed by atoms with Crippen molar-refractivity contribution in [3.05, 3.63) is 66.4 Å². The van der Waals surface area contributed by atoms with Crippen LogP contribution in [0.3, 0.4) is 0 Å². The number of aryl methyl sites for hydroxylation is 1. The molecule has 3 rings (SSSR count). The Balaban J connectivity index is 1.37. The SMILES string of the molecule is O=C(CCn1ccc2ccccc21)NCCN=Cc1ccc(OC(F)(F)F)cc1. The van der Waals surface area contributed by atoms with Crippen LogP contribution in [0.25, 0.3) is 10.9 Å². The molecule has 0 aliphatic heterocycles. The molecule has 0 atom stereocenters. The number of hydrogen-bond acceptors (Lipinski definition) is 3. The first-order chi connectivity index (χ1) is 13.9. The van der Waals surface area contributed by atoms with Gasteiger partial charge in [-0.05, 0) is 47.3 Å². The van der Waals surface area contributed by atoms with Gasteiger partial charge in [-0.15, -0.1) is 13.2 Å². The highest BCUT2D eigenvalue weighted by atomic mass is 19.4. The molecule has 0 spiro atoms. The van der Waals surface area contributed by atoms with E-state index in [1.807, 2.05) is 41.1 Å². The van der Waals surface area contributed by atoms with Crippen molar-refractivity contribution in [3.63, 3.8) is 0 Å². The Morgan fingerprint density at radius 2 is 1.86 bits per heavy atom. The van der Waals surface area contributed by atoms with E-state index >= 15 is 0 Å². The number of hydrogen-bond donors (Lipinski definition) is 1. The first-order valence-corrected chi connectivity index (χ1v) is 9.07. The van der Waals surface area contributed by atoms with Gasteiger partial charge in [-0.3, -0.25) is 9.79 Å². The first-order valence-electron chi connectivity index (χ1n) is 9.07. The molecule has 0 saturated carbocycles. The van der Waals surface area contributed by atoms with Gasteiger partial charge >= 0.3 is 6.36 Å². The molecule has 3 aromatic rings. The van der Waals surface area contributed by atoms with Gasteiger partial charge in [-0.2, -0.15) is 0 Å². The number of ether oxygens (including phenoxy) is 1. The van der Waals surface area contributed by atoms with Gasteiger partial charge in [0.25, 0.3) is 0 Å². The van der Waals surface area contributed by atoms with Gasteiger partial charge in [-0.1, -0.05) is 18.2 Å². The Morgan fingerprint density at radius 1 is 1.10 bits per heavy atom. The first kappa shape index (κ1) is 20.4. The van der Waals surface area contributed by atoms with Gasteiger partial charge in [0.1, 0.15) is 5.75 Å². The zero-order valence-corrected chi connectivity index (χ0v) is 15.5. The van der Waals surface area contributed by atoms with Crippen LogP contribution in [0.15, 0.2) is 65.8 Å². The van der Waals surface area contributed by atoms with Crippen molar-refractivity contribution in [2.75, 3.05) is 13.1 Å². The van der Waals surface area contributed by atoms with Gasteiger partial charge < -0.3 is 14.6 Å². The van der Waals surface area contributed by atoms with E-state index in [2.05, 4.69) is 15.0 Å². The van der Waals surface area contributed by atoms with Gasteiger partial charge in [0.15, 0.2) is 0 Å². The third-order valence-electron chi connectivity index (χ3n) is 4.18. The van der Waals surface area contributed by atoms with Crippen LogP contribution < -0.4 is 10.1 Å². The normalized spacial score (nSPS) is 11.8. The summed E-state index contributed by atoms with van der Waals surface area (Å²) in [6.45, 7) is 1.35. The van der Waals surface area contributed by atoms with Crippen LogP contribution in [0.5, 0.6) is 5.75 Å². The molecule has 0 fully saturated rings. The van der Waals surface area contributed by atoms with Crippen LogP contribution in [0.4, 0.5) is 13.2 Å². The monoisotopic (exact) mass is 403 g/mol. The summed E-state index contributed by atoms with van der Waals surface area (Å²) in [5.74, 6) is -0.344. The smallest absolute Gasteiger partial charge is 0.406 e. The lowest BCUT2D eigenvalue weighted by molar-refractivity contribution is -0.274. The van der Waals surface area contributed by atoms with E-state index in [9.17, 15) is 18.0 Å². The molecule has 2 aromatic carbocycles. The van der Waals surface area contributed by atoms with E-state index in [4.69, 9.17) is 0 Å². The highest BCUT2D eigenvalue weighted by Gasteiger charge is 2.30. The third kappa shape index (κ3) is 6.38. The third-order valence-corrected chi connectivity index (χ3v) is 4.18. The molecule has 1 heterocycles. The van der Waals surface area contributed by atoms with E-state index in [1.165, 1.54) is 30.5 Å². The van der Waals surface area contributed by atoms with Gasteiger partial charge in [0.2, 0.25) is 5.91 Å². The summed E-state index contributed by atoms with van der Waals surface area (Å²) in [6, 6.07) is 15.4. The van der Waals surface area contributed by atoms with E-state index in [1.54, 1.807) is 0 Å². The van der Waals surface area contributed by atoms with Crippen LogP contribution >= 0.6 is 0 Å². The zero-order chi connectivity index (χ0) is 20.7. The minimum absolute atomic E-state index is 0.0633. The molecule has 29 heavy (non-hydrogen) atoms. The lowest BCUT2D eigenvalue weighted by Gasteiger charge is -2.08. The average Bonchev–Trinajstić information content (AvgIpc) is 3.09. The number of benzene rings is 2. The lowest BCUT2D eigenvalue weighted by atomic mass is 10.2. The summed E-state index contributed by atoms with van der Waals surface area (Å²) in [7, 11) is 0. The second kappa shape index (κ2) is 9.27. The number of carbonyl (C=O) groups is 1. The fourth-order valence-corrected chi connectivity index (χ4v) is 2.83. The van der Waals surface area contributed by atoms with Crippen molar-refractivity contribution >= 4 is 23.0 Å². The van der Waals surface area contributed by atoms with Crippen LogP contribution in [0, 0.1) is 0 Å². The molecule has 0 aliphatic carbocycles. The number of aliphatic imine (C=N–C) groups is 1. The van der Waals surface area contributed by atoms with E-state index < -0.39 is 6.36 Å². The van der Waals surface area contributed by atoms with Gasteiger partial charge in [-0.25, -0.2) is 0 Å². The van der Waals surface area contributed by atoms with E-state index in [0.29, 0.717) is 31.6 Å². The molecule has 1 aromatic heterocycles. The maximum Gasteiger partial charge on any atom is 0.573 e. The van der Waals surface area contributed by atoms with E-state index in [0.717, 1.165) is 10.9 Å². The second-order valence-electron chi connectivity index (χ2n) is 6.32. The highest BCUT2D eigenvalue weighted by molar-refractivity contribution is 5.81. The maximum atomic E-state index is 12.1. The predicted octanol–water partition coefficient (Wildman–Crippen LogP) is 4.17. The predicted molar refractivity (Wildman–Crippen MR) is 105 cm³/mol. The van der Waals surface area contributed by atoms with Crippen LogP contribution in [-0.2, 0) is 11.3 Å². The van der Waals surface area contributed by atoms with Crippen LogP contribution in [0.1, 0.15) is 12.0 Å². The Kier molecular flexibility index (Phi) is 6.54. The second-order valence-corrected chi connectivity index (χ2v) is 6.32. The molecular weight excluding hydrogens is 383 g/mol. The number of rotatable bonds is 8. The molecule has 152 valence electrons. The van der Waals surface area contributed by atoms with Crippen molar-refractivity contribution < 1.29 is 22.7 Å². The van der Waals surface area contributed by atoms with E-state index in [-0.39, 0.29) is 11.7 Å². The lowest BCUT2D eigenvalue weighted by Crippen LogP contribution is -2.26. The molecule has 8 heteroatoms. The minimum atomic E-state index is -4.71. The Hall–Kier alpha value is -3.29. The molecule has 0 unspecified atom stereocenters. The molecule has 0 radical (unpaired) electrons. The van der Waals surface area contributed by atoms with Crippen molar-refractivity contribution in [2.24, 2.45) is 4.99 Å². The topological polar surface area (TPSA) is 55.6 Å². The Bertz CT molecular complexity index is 979. The standard InChI is InChI=1S/C21H20F3N3O2/c22-21(23,24)29-18-7-5-16(6-8-18)15-25-11-12-26-20(28)10-14-27-13-9-17-3-1-2-4-19(17)27/h1-9,13,15H,10-12,14H2,(H,26,28). The molecular formula is C21H20F3N3O2. The number of halogens is 3. The number of nitrogens with one attached hydrogen (secondary N) is 1. The zero-order valence-electron chi connectivity index (χ0n) is 15.5. The van der Waals surface area contributed by atoms with Gasteiger partial charge in [0.05, 0.1) is 6.54 Å². The Labute approximate surface area is 165 Å². The molecule has 1 amide bonds.